The van der Waals surface area contributed by atoms with Crippen LogP contribution < -0.4 is 10.5 Å². The highest BCUT2D eigenvalue weighted by atomic mass is 16.5. The minimum absolute atomic E-state index is 0.444. The van der Waals surface area contributed by atoms with Gasteiger partial charge in [-0.15, -0.1) is 0 Å². The Morgan fingerprint density at radius 3 is 2.85 bits per heavy atom. The first kappa shape index (κ1) is 12.8. The third kappa shape index (κ3) is 2.87. The summed E-state index contributed by atoms with van der Waals surface area (Å²) < 4.78 is 5.71. The molecular formula is C15H18N4O. The summed E-state index contributed by atoms with van der Waals surface area (Å²) in [5.41, 5.74) is 8.02. The number of hydrogen-bond acceptors (Lipinski definition) is 5. The zero-order valence-corrected chi connectivity index (χ0v) is 11.7. The van der Waals surface area contributed by atoms with Crippen molar-refractivity contribution in [3.8, 4) is 5.88 Å². The first-order valence-electron chi connectivity index (χ1n) is 6.78. The Labute approximate surface area is 118 Å². The van der Waals surface area contributed by atoms with Gasteiger partial charge in [0.2, 0.25) is 5.88 Å². The lowest BCUT2D eigenvalue weighted by Gasteiger charge is -2.06. The second-order valence-corrected chi connectivity index (χ2v) is 5.35. The fourth-order valence-electron chi connectivity index (χ4n) is 2.32. The minimum atomic E-state index is 0.444. The van der Waals surface area contributed by atoms with Crippen molar-refractivity contribution in [3.05, 3.63) is 41.5 Å². The van der Waals surface area contributed by atoms with Crippen molar-refractivity contribution in [1.29, 1.82) is 0 Å². The van der Waals surface area contributed by atoms with E-state index >= 15 is 0 Å². The molecule has 3 rings (SSSR count). The molecule has 2 heterocycles. The van der Waals surface area contributed by atoms with Gasteiger partial charge in [-0.3, -0.25) is 4.98 Å². The number of aryl methyl sites for hydroxylation is 2. The highest BCUT2D eigenvalue weighted by molar-refractivity contribution is 5.32. The largest absolute Gasteiger partial charge is 0.477 e. The molecule has 2 aromatic rings. The summed E-state index contributed by atoms with van der Waals surface area (Å²) >= 11 is 0. The van der Waals surface area contributed by atoms with Crippen LogP contribution in [-0.2, 0) is 0 Å². The Kier molecular flexibility index (Phi) is 3.26. The molecule has 2 aromatic heterocycles. The van der Waals surface area contributed by atoms with E-state index in [1.807, 2.05) is 13.1 Å². The zero-order valence-electron chi connectivity index (χ0n) is 11.7. The standard InChI is InChI=1S/C15H18N4O/c1-9-3-4-13(17-7-9)12-5-11(12)8-20-15-6-14(16)18-10(2)19-15/h3-4,6-7,11-12H,5,8H2,1-2H3,(H2,16,18,19). The van der Waals surface area contributed by atoms with Crippen molar-refractivity contribution in [1.82, 2.24) is 15.0 Å². The van der Waals surface area contributed by atoms with E-state index in [2.05, 4.69) is 27.1 Å². The molecule has 20 heavy (non-hydrogen) atoms. The average molecular weight is 270 g/mol. The van der Waals surface area contributed by atoms with Gasteiger partial charge in [-0.05, 0) is 31.9 Å². The van der Waals surface area contributed by atoms with Crippen LogP contribution in [0.2, 0.25) is 0 Å². The maximum absolute atomic E-state index is 5.71. The Morgan fingerprint density at radius 1 is 1.30 bits per heavy atom. The molecule has 5 nitrogen and oxygen atoms in total. The van der Waals surface area contributed by atoms with E-state index in [9.17, 15) is 0 Å². The lowest BCUT2D eigenvalue weighted by Crippen LogP contribution is -2.05. The van der Waals surface area contributed by atoms with Gasteiger partial charge in [-0.25, -0.2) is 4.98 Å². The number of nitrogens with two attached hydrogens (primary N) is 1. The van der Waals surface area contributed by atoms with Crippen molar-refractivity contribution in [2.45, 2.75) is 26.2 Å². The van der Waals surface area contributed by atoms with Gasteiger partial charge in [0.05, 0.1) is 6.61 Å². The molecule has 0 amide bonds. The summed E-state index contributed by atoms with van der Waals surface area (Å²) in [6, 6.07) is 5.87. The zero-order chi connectivity index (χ0) is 14.1. The summed E-state index contributed by atoms with van der Waals surface area (Å²) in [6.45, 7) is 4.50. The van der Waals surface area contributed by atoms with E-state index in [4.69, 9.17) is 10.5 Å². The number of anilines is 1. The van der Waals surface area contributed by atoms with Gasteiger partial charge in [0, 0.05) is 29.8 Å². The summed E-state index contributed by atoms with van der Waals surface area (Å²) in [6.07, 6.45) is 3.04. The Bertz CT molecular complexity index is 592. The van der Waals surface area contributed by atoms with Gasteiger partial charge in [-0.2, -0.15) is 4.98 Å². The molecule has 2 N–H and O–H groups in total. The third-order valence-electron chi connectivity index (χ3n) is 3.52. The van der Waals surface area contributed by atoms with E-state index in [0.717, 1.165) is 12.1 Å². The molecule has 0 spiro atoms. The minimum Gasteiger partial charge on any atom is -0.477 e. The summed E-state index contributed by atoms with van der Waals surface area (Å²) in [7, 11) is 0. The molecule has 0 aromatic carbocycles. The topological polar surface area (TPSA) is 73.9 Å². The van der Waals surface area contributed by atoms with Crippen LogP contribution in [0.5, 0.6) is 5.88 Å². The van der Waals surface area contributed by atoms with Crippen LogP contribution in [0.4, 0.5) is 5.82 Å². The second kappa shape index (κ2) is 5.07. The second-order valence-electron chi connectivity index (χ2n) is 5.35. The molecule has 1 saturated carbocycles. The SMILES string of the molecule is Cc1ccc(C2CC2COc2cc(N)nc(C)n2)nc1. The van der Waals surface area contributed by atoms with E-state index in [1.165, 1.54) is 5.56 Å². The third-order valence-corrected chi connectivity index (χ3v) is 3.52. The fourth-order valence-corrected chi connectivity index (χ4v) is 2.32. The number of pyridine rings is 1. The number of hydrogen-bond donors (Lipinski definition) is 1. The van der Waals surface area contributed by atoms with Gasteiger partial charge in [-0.1, -0.05) is 6.07 Å². The lowest BCUT2D eigenvalue weighted by atomic mass is 10.2. The van der Waals surface area contributed by atoms with Crippen LogP contribution in [0, 0.1) is 19.8 Å². The fraction of sp³-hybridized carbons (Fsp3) is 0.400. The van der Waals surface area contributed by atoms with Gasteiger partial charge in [0.1, 0.15) is 11.6 Å². The van der Waals surface area contributed by atoms with Crippen LogP contribution in [0.25, 0.3) is 0 Å². The summed E-state index contributed by atoms with van der Waals surface area (Å²) in [4.78, 5) is 12.7. The average Bonchev–Trinajstić information content (AvgIpc) is 3.16. The van der Waals surface area contributed by atoms with Crippen LogP contribution in [-0.4, -0.2) is 21.6 Å². The number of nitrogen functional groups attached to an aromatic ring is 1. The molecule has 1 aliphatic rings. The van der Waals surface area contributed by atoms with Crippen molar-refractivity contribution >= 4 is 5.82 Å². The molecule has 0 radical (unpaired) electrons. The molecule has 1 aliphatic carbocycles. The highest BCUT2D eigenvalue weighted by Crippen LogP contribution is 2.46. The van der Waals surface area contributed by atoms with Crippen LogP contribution >= 0.6 is 0 Å². The predicted molar refractivity (Wildman–Crippen MR) is 76.5 cm³/mol. The Morgan fingerprint density at radius 2 is 2.15 bits per heavy atom. The van der Waals surface area contributed by atoms with Crippen molar-refractivity contribution < 1.29 is 4.74 Å². The molecule has 1 fully saturated rings. The quantitative estimate of drug-likeness (QED) is 0.922. The van der Waals surface area contributed by atoms with E-state index < -0.39 is 0 Å². The molecule has 2 atom stereocenters. The van der Waals surface area contributed by atoms with Crippen LogP contribution in [0.1, 0.15) is 29.4 Å². The number of aromatic nitrogens is 3. The Balaban J connectivity index is 1.57. The number of rotatable bonds is 4. The number of nitrogens with zero attached hydrogens (tertiary/aromatic N) is 3. The Hall–Kier alpha value is -2.17. The van der Waals surface area contributed by atoms with Crippen molar-refractivity contribution in [2.24, 2.45) is 5.92 Å². The smallest absolute Gasteiger partial charge is 0.218 e. The molecular weight excluding hydrogens is 252 g/mol. The molecule has 5 heteroatoms. The van der Waals surface area contributed by atoms with Gasteiger partial charge < -0.3 is 10.5 Å². The summed E-state index contributed by atoms with van der Waals surface area (Å²) in [5, 5.41) is 0. The van der Waals surface area contributed by atoms with Crippen molar-refractivity contribution in [3.63, 3.8) is 0 Å². The van der Waals surface area contributed by atoms with Gasteiger partial charge >= 0.3 is 0 Å². The molecule has 0 aliphatic heterocycles. The highest BCUT2D eigenvalue weighted by Gasteiger charge is 2.39. The van der Waals surface area contributed by atoms with Crippen molar-refractivity contribution in [2.75, 3.05) is 12.3 Å². The van der Waals surface area contributed by atoms with E-state index in [0.29, 0.717) is 36.0 Å². The van der Waals surface area contributed by atoms with Crippen LogP contribution in [0.3, 0.4) is 0 Å². The molecule has 2 unspecified atom stereocenters. The maximum atomic E-state index is 5.71. The molecule has 0 saturated heterocycles. The van der Waals surface area contributed by atoms with Gasteiger partial charge in [0.15, 0.2) is 0 Å². The van der Waals surface area contributed by atoms with Crippen LogP contribution in [0.15, 0.2) is 24.4 Å². The number of ether oxygens (including phenoxy) is 1. The molecule has 104 valence electrons. The lowest BCUT2D eigenvalue weighted by molar-refractivity contribution is 0.284. The first-order valence-corrected chi connectivity index (χ1v) is 6.78. The first-order chi connectivity index (χ1) is 9.61. The monoisotopic (exact) mass is 270 g/mol. The normalized spacial score (nSPS) is 20.7. The van der Waals surface area contributed by atoms with Gasteiger partial charge in [0.25, 0.3) is 0 Å². The van der Waals surface area contributed by atoms with E-state index in [1.54, 1.807) is 13.0 Å². The molecule has 0 bridgehead atoms. The predicted octanol–water partition coefficient (Wildman–Crippen LogP) is 2.25. The van der Waals surface area contributed by atoms with E-state index in [-0.39, 0.29) is 0 Å². The maximum Gasteiger partial charge on any atom is 0.218 e. The summed E-state index contributed by atoms with van der Waals surface area (Å²) in [5.74, 6) is 2.66.